The molecule has 2 aromatic rings. The Bertz CT molecular complexity index is 351. The van der Waals surface area contributed by atoms with Crippen LogP contribution in [-0.4, -0.2) is 4.98 Å². The number of aromatic amines is 1. The van der Waals surface area contributed by atoms with Crippen LogP contribution in [0.2, 0.25) is 5.02 Å². The van der Waals surface area contributed by atoms with Crippen LogP contribution in [0.15, 0.2) is 30.6 Å². The molecule has 0 aliphatic carbocycles. The van der Waals surface area contributed by atoms with Crippen molar-refractivity contribution in [3.63, 3.8) is 0 Å². The topological polar surface area (TPSA) is 15.8 Å². The van der Waals surface area contributed by atoms with Crippen molar-refractivity contribution in [3.8, 4) is 0 Å². The van der Waals surface area contributed by atoms with Crippen LogP contribution in [0.3, 0.4) is 0 Å². The van der Waals surface area contributed by atoms with Gasteiger partial charge in [-0.2, -0.15) is 0 Å². The van der Waals surface area contributed by atoms with Gasteiger partial charge >= 0.3 is 0 Å². The summed E-state index contributed by atoms with van der Waals surface area (Å²) in [6.45, 7) is 0. The molecule has 2 rings (SSSR count). The van der Waals surface area contributed by atoms with Crippen molar-refractivity contribution >= 4 is 22.4 Å². The first-order chi connectivity index (χ1) is 4.88. The number of halogens is 1. The van der Waals surface area contributed by atoms with Crippen LogP contribution in [0, 0.1) is 0 Å². The molecule has 2 heteroatoms. The van der Waals surface area contributed by atoms with Gasteiger partial charge in [-0.3, -0.25) is 0 Å². The summed E-state index contributed by atoms with van der Waals surface area (Å²) >= 11 is 5.88. The molecule has 1 nitrogen and oxygen atoms in total. The molecule has 50 valence electrons. The Labute approximate surface area is 63.6 Å². The van der Waals surface area contributed by atoms with E-state index in [9.17, 15) is 0 Å². The van der Waals surface area contributed by atoms with Gasteiger partial charge in [-0.25, -0.2) is 0 Å². The summed E-state index contributed by atoms with van der Waals surface area (Å²) in [5.41, 5.74) is 0. The van der Waals surface area contributed by atoms with Gasteiger partial charge in [0.25, 0.3) is 0 Å². The molecule has 0 atom stereocenters. The quantitative estimate of drug-likeness (QED) is 0.596. The highest BCUT2D eigenvalue weighted by Crippen LogP contribution is 2.21. The molecular formula is C8H6ClN. The first-order valence-electron chi connectivity index (χ1n) is 3.09. The Morgan fingerprint density at radius 2 is 2.10 bits per heavy atom. The minimum atomic E-state index is 0.804. The first-order valence-corrected chi connectivity index (χ1v) is 3.47. The van der Waals surface area contributed by atoms with Crippen molar-refractivity contribution in [1.82, 2.24) is 4.98 Å². The molecule has 0 fully saturated rings. The Morgan fingerprint density at radius 3 is 2.90 bits per heavy atom. The average Bonchev–Trinajstić information content (AvgIpc) is 2.36. The first kappa shape index (κ1) is 5.81. The van der Waals surface area contributed by atoms with Crippen LogP contribution in [0.25, 0.3) is 10.8 Å². The van der Waals surface area contributed by atoms with E-state index in [4.69, 9.17) is 11.6 Å². The van der Waals surface area contributed by atoms with E-state index in [0.29, 0.717) is 0 Å². The third-order valence-corrected chi connectivity index (χ3v) is 1.88. The van der Waals surface area contributed by atoms with E-state index in [0.717, 1.165) is 15.8 Å². The molecule has 0 aliphatic rings. The summed E-state index contributed by atoms with van der Waals surface area (Å²) in [4.78, 5) is 2.99. The van der Waals surface area contributed by atoms with Crippen LogP contribution >= 0.6 is 11.6 Å². The second-order valence-electron chi connectivity index (χ2n) is 2.20. The van der Waals surface area contributed by atoms with E-state index in [2.05, 4.69) is 4.98 Å². The van der Waals surface area contributed by atoms with Gasteiger partial charge in [0.15, 0.2) is 0 Å². The highest BCUT2D eigenvalue weighted by Gasteiger charge is 1.95. The molecule has 0 unspecified atom stereocenters. The zero-order chi connectivity index (χ0) is 6.97. The van der Waals surface area contributed by atoms with Gasteiger partial charge in [-0.15, -0.1) is 0 Å². The summed E-state index contributed by atoms with van der Waals surface area (Å²) in [6, 6.07) is 5.86. The Hall–Kier alpha value is -0.950. The minimum Gasteiger partial charge on any atom is -0.366 e. The van der Waals surface area contributed by atoms with Gasteiger partial charge < -0.3 is 4.98 Å². The maximum Gasteiger partial charge on any atom is 0.0499 e. The number of hydrogen-bond donors (Lipinski definition) is 1. The molecule has 10 heavy (non-hydrogen) atoms. The van der Waals surface area contributed by atoms with Crippen LogP contribution in [-0.2, 0) is 0 Å². The minimum absolute atomic E-state index is 0.804. The van der Waals surface area contributed by atoms with Crippen molar-refractivity contribution in [3.05, 3.63) is 35.6 Å². The maximum absolute atomic E-state index is 5.88. The van der Waals surface area contributed by atoms with Gasteiger partial charge in [-0.05, 0) is 6.07 Å². The second-order valence-corrected chi connectivity index (χ2v) is 2.61. The Morgan fingerprint density at radius 1 is 1.20 bits per heavy atom. The fourth-order valence-corrected chi connectivity index (χ4v) is 1.28. The third kappa shape index (κ3) is 0.711. The number of rotatable bonds is 0. The normalized spacial score (nSPS) is 10.5. The van der Waals surface area contributed by atoms with Crippen LogP contribution < -0.4 is 0 Å². The molecule has 0 radical (unpaired) electrons. The lowest BCUT2D eigenvalue weighted by atomic mass is 10.2. The molecular weight excluding hydrogens is 146 g/mol. The molecule has 0 spiro atoms. The number of hydrogen-bond acceptors (Lipinski definition) is 0. The van der Waals surface area contributed by atoms with Crippen LogP contribution in [0.4, 0.5) is 0 Å². The summed E-state index contributed by atoms with van der Waals surface area (Å²) in [7, 11) is 0. The maximum atomic E-state index is 5.88. The number of benzene rings is 1. The molecule has 1 aromatic carbocycles. The smallest absolute Gasteiger partial charge is 0.0499 e. The molecule has 0 bridgehead atoms. The fraction of sp³-hybridized carbons (Fsp3) is 0. The van der Waals surface area contributed by atoms with E-state index in [1.807, 2.05) is 30.6 Å². The van der Waals surface area contributed by atoms with Crippen molar-refractivity contribution in [2.75, 3.05) is 0 Å². The zero-order valence-corrected chi connectivity index (χ0v) is 6.02. The van der Waals surface area contributed by atoms with Gasteiger partial charge in [-0.1, -0.05) is 23.7 Å². The van der Waals surface area contributed by atoms with Crippen molar-refractivity contribution in [2.45, 2.75) is 0 Å². The lowest BCUT2D eigenvalue weighted by Crippen LogP contribution is -1.63. The highest BCUT2D eigenvalue weighted by molar-refractivity contribution is 6.35. The number of nitrogens with one attached hydrogen (secondary N) is 1. The van der Waals surface area contributed by atoms with E-state index in [-0.39, 0.29) is 0 Å². The number of aromatic nitrogens is 1. The van der Waals surface area contributed by atoms with E-state index >= 15 is 0 Å². The van der Waals surface area contributed by atoms with E-state index < -0.39 is 0 Å². The largest absolute Gasteiger partial charge is 0.366 e. The standard InChI is InChI=1S/C8H6ClN/c9-8-3-1-2-6-4-10-5-7(6)8/h1-5,10H. The van der Waals surface area contributed by atoms with Gasteiger partial charge in [0.05, 0.1) is 0 Å². The lowest BCUT2D eigenvalue weighted by molar-refractivity contribution is 1.43. The second kappa shape index (κ2) is 2.03. The third-order valence-electron chi connectivity index (χ3n) is 1.55. The lowest BCUT2D eigenvalue weighted by Gasteiger charge is -1.89. The predicted molar refractivity (Wildman–Crippen MR) is 43.3 cm³/mol. The Balaban J connectivity index is 2.95. The fourth-order valence-electron chi connectivity index (χ4n) is 1.05. The highest BCUT2D eigenvalue weighted by atomic mass is 35.5. The van der Waals surface area contributed by atoms with Crippen LogP contribution in [0.1, 0.15) is 0 Å². The molecule has 0 aliphatic heterocycles. The summed E-state index contributed by atoms with van der Waals surface area (Å²) in [5, 5.41) is 3.05. The van der Waals surface area contributed by atoms with E-state index in [1.165, 1.54) is 0 Å². The Kier molecular flexibility index (Phi) is 1.18. The average molecular weight is 152 g/mol. The monoisotopic (exact) mass is 151 g/mol. The van der Waals surface area contributed by atoms with Crippen molar-refractivity contribution in [1.29, 1.82) is 0 Å². The molecule has 0 saturated heterocycles. The van der Waals surface area contributed by atoms with Gasteiger partial charge in [0.1, 0.15) is 0 Å². The molecule has 1 N–H and O–H groups in total. The van der Waals surface area contributed by atoms with E-state index in [1.54, 1.807) is 0 Å². The van der Waals surface area contributed by atoms with Crippen molar-refractivity contribution < 1.29 is 0 Å². The number of H-pyrrole nitrogens is 1. The molecule has 1 aromatic heterocycles. The molecule has 1 heterocycles. The summed E-state index contributed by atoms with van der Waals surface area (Å²) < 4.78 is 0. The predicted octanol–water partition coefficient (Wildman–Crippen LogP) is 2.82. The van der Waals surface area contributed by atoms with Crippen molar-refractivity contribution in [2.24, 2.45) is 0 Å². The summed E-state index contributed by atoms with van der Waals surface area (Å²) in [5.74, 6) is 0. The van der Waals surface area contributed by atoms with Gasteiger partial charge in [0, 0.05) is 28.2 Å². The SMILES string of the molecule is Clc1cccc2c[nH]cc12. The van der Waals surface area contributed by atoms with Crippen LogP contribution in [0.5, 0.6) is 0 Å². The van der Waals surface area contributed by atoms with Gasteiger partial charge in [0.2, 0.25) is 0 Å². The molecule has 0 saturated carbocycles. The zero-order valence-electron chi connectivity index (χ0n) is 5.26. The number of fused-ring (bicyclic) bond motifs is 1. The summed E-state index contributed by atoms with van der Waals surface area (Å²) in [6.07, 6.45) is 3.83. The molecule has 0 amide bonds.